The van der Waals surface area contributed by atoms with E-state index in [0.717, 1.165) is 36.9 Å². The fraction of sp³-hybridized carbons (Fsp3) is 0.278. The maximum atomic E-state index is 13.2. The highest BCUT2D eigenvalue weighted by Gasteiger charge is 2.31. The summed E-state index contributed by atoms with van der Waals surface area (Å²) < 4.78 is 65.0. The molecule has 0 radical (unpaired) electrons. The third kappa shape index (κ3) is 4.97. The lowest BCUT2D eigenvalue weighted by molar-refractivity contribution is -0.137. The van der Waals surface area contributed by atoms with E-state index in [-0.39, 0.29) is 21.7 Å². The molecule has 2 aromatic carbocycles. The zero-order valence-corrected chi connectivity index (χ0v) is 14.8. The summed E-state index contributed by atoms with van der Waals surface area (Å²) in [5, 5.41) is 2.52. The molecule has 0 unspecified atom stereocenters. The maximum Gasteiger partial charge on any atom is 0.416 e. The quantitative estimate of drug-likeness (QED) is 0.489. The van der Waals surface area contributed by atoms with Gasteiger partial charge in [-0.2, -0.15) is 13.2 Å². The Kier molecular flexibility index (Phi) is 5.95. The van der Waals surface area contributed by atoms with Crippen LogP contribution in [0.25, 0.3) is 0 Å². The van der Waals surface area contributed by atoms with Gasteiger partial charge >= 0.3 is 6.18 Å². The zero-order chi connectivity index (χ0) is 19.5. The van der Waals surface area contributed by atoms with Crippen LogP contribution in [0, 0.1) is 0 Å². The summed E-state index contributed by atoms with van der Waals surface area (Å²) in [5.74, 6) is -3.12. The molecule has 0 spiro atoms. The van der Waals surface area contributed by atoms with Gasteiger partial charge in [-0.15, -0.1) is 11.8 Å². The van der Waals surface area contributed by atoms with Crippen LogP contribution in [0.4, 0.5) is 27.6 Å². The molecule has 2 rings (SSSR count). The van der Waals surface area contributed by atoms with E-state index in [2.05, 4.69) is 5.32 Å². The number of carbonyl (C=O) groups is 1. The molecule has 0 heterocycles. The molecule has 26 heavy (non-hydrogen) atoms. The van der Waals surface area contributed by atoms with Gasteiger partial charge in [0, 0.05) is 23.1 Å². The van der Waals surface area contributed by atoms with E-state index in [0.29, 0.717) is 5.75 Å². The van der Waals surface area contributed by atoms with Crippen LogP contribution in [0.15, 0.2) is 47.4 Å². The van der Waals surface area contributed by atoms with Crippen molar-refractivity contribution < 1.29 is 26.7 Å². The van der Waals surface area contributed by atoms with Crippen LogP contribution >= 0.6 is 11.8 Å². The van der Waals surface area contributed by atoms with Crippen LogP contribution in [0.3, 0.4) is 0 Å². The molecule has 140 valence electrons. The Labute approximate surface area is 151 Å². The highest BCUT2D eigenvalue weighted by molar-refractivity contribution is 7.99. The van der Waals surface area contributed by atoms with Crippen LogP contribution in [-0.4, -0.2) is 11.7 Å². The summed E-state index contributed by atoms with van der Waals surface area (Å²) in [6, 6.07) is 7.90. The topological polar surface area (TPSA) is 29.1 Å². The van der Waals surface area contributed by atoms with Gasteiger partial charge in [0.25, 0.3) is 11.8 Å². The normalized spacial score (nSPS) is 12.1. The molecule has 2 aromatic rings. The van der Waals surface area contributed by atoms with Gasteiger partial charge in [0.15, 0.2) is 0 Å². The number of hydrogen-bond donors (Lipinski definition) is 1. The smallest absolute Gasteiger partial charge is 0.322 e. The number of amides is 1. The fourth-order valence-electron chi connectivity index (χ4n) is 2.21. The zero-order valence-electron chi connectivity index (χ0n) is 14.0. The van der Waals surface area contributed by atoms with Crippen molar-refractivity contribution in [3.63, 3.8) is 0 Å². The van der Waals surface area contributed by atoms with Gasteiger partial charge in [-0.1, -0.05) is 19.1 Å². The van der Waals surface area contributed by atoms with Crippen molar-refractivity contribution in [2.75, 3.05) is 11.1 Å². The lowest BCUT2D eigenvalue weighted by Gasteiger charge is -2.14. The summed E-state index contributed by atoms with van der Waals surface area (Å²) in [6.45, 7) is 2.52. The Hall–Kier alpha value is -2.09. The van der Waals surface area contributed by atoms with Crippen molar-refractivity contribution in [1.82, 2.24) is 0 Å². The molecular weight excluding hydrogens is 373 g/mol. The average molecular weight is 389 g/mol. The fourth-order valence-corrected chi connectivity index (χ4v) is 3.04. The first-order valence-electron chi connectivity index (χ1n) is 7.66. The van der Waals surface area contributed by atoms with Crippen LogP contribution in [-0.2, 0) is 12.1 Å². The number of halogens is 5. The summed E-state index contributed by atoms with van der Waals surface area (Å²) >= 11 is 1.12. The van der Waals surface area contributed by atoms with Crippen molar-refractivity contribution in [1.29, 1.82) is 0 Å². The van der Waals surface area contributed by atoms with Gasteiger partial charge in [-0.25, -0.2) is 8.78 Å². The second-order valence-corrected chi connectivity index (χ2v) is 6.87. The Morgan fingerprint density at radius 3 is 2.08 bits per heavy atom. The summed E-state index contributed by atoms with van der Waals surface area (Å²) in [7, 11) is 0. The molecule has 0 aromatic heterocycles. The minimum atomic E-state index is -4.50. The predicted octanol–water partition coefficient (Wildman–Crippen LogP) is 6.18. The van der Waals surface area contributed by atoms with E-state index < -0.39 is 23.6 Å². The number of alkyl halides is 5. The highest BCUT2D eigenvalue weighted by atomic mass is 32.2. The van der Waals surface area contributed by atoms with Crippen molar-refractivity contribution in [3.05, 3.63) is 59.2 Å². The molecule has 0 bridgehead atoms. The van der Waals surface area contributed by atoms with Gasteiger partial charge in [-0.3, -0.25) is 4.79 Å². The van der Waals surface area contributed by atoms with E-state index in [4.69, 9.17) is 0 Å². The molecule has 2 nitrogen and oxygen atoms in total. The standard InChI is InChI=1S/C18H16F5NOS/c1-3-26-15-10-12(18(21,22)23)6-9-14(15)16(25)24-13-7-4-11(5-8-13)17(2,19)20/h4-10H,3H2,1-2H3,(H,24,25). The van der Waals surface area contributed by atoms with Crippen LogP contribution in [0.1, 0.15) is 35.3 Å². The van der Waals surface area contributed by atoms with Crippen molar-refractivity contribution in [2.45, 2.75) is 30.8 Å². The lowest BCUT2D eigenvalue weighted by Crippen LogP contribution is -2.15. The minimum absolute atomic E-state index is 0.0924. The Morgan fingerprint density at radius 2 is 1.58 bits per heavy atom. The average Bonchev–Trinajstić information content (AvgIpc) is 2.54. The number of anilines is 1. The molecule has 0 aliphatic carbocycles. The van der Waals surface area contributed by atoms with Crippen molar-refractivity contribution >= 4 is 23.4 Å². The third-order valence-corrected chi connectivity index (χ3v) is 4.44. The Morgan fingerprint density at radius 1 is 1.00 bits per heavy atom. The summed E-state index contributed by atoms with van der Waals surface area (Å²) in [5.41, 5.74) is -0.670. The minimum Gasteiger partial charge on any atom is -0.322 e. The first-order chi connectivity index (χ1) is 12.0. The van der Waals surface area contributed by atoms with Crippen LogP contribution in [0.2, 0.25) is 0 Å². The van der Waals surface area contributed by atoms with Gasteiger partial charge in [0.2, 0.25) is 0 Å². The first-order valence-corrected chi connectivity index (χ1v) is 8.64. The number of benzene rings is 2. The molecule has 0 saturated heterocycles. The first kappa shape index (κ1) is 20.2. The third-order valence-electron chi connectivity index (χ3n) is 3.50. The molecule has 1 N–H and O–H groups in total. The molecule has 0 fully saturated rings. The van der Waals surface area contributed by atoms with Gasteiger partial charge in [-0.05, 0) is 36.1 Å². The van der Waals surface area contributed by atoms with E-state index in [9.17, 15) is 26.7 Å². The number of thioether (sulfide) groups is 1. The van der Waals surface area contributed by atoms with E-state index in [1.165, 1.54) is 24.3 Å². The predicted molar refractivity (Wildman–Crippen MR) is 91.8 cm³/mol. The second kappa shape index (κ2) is 7.65. The van der Waals surface area contributed by atoms with Gasteiger partial charge in [0.05, 0.1) is 11.1 Å². The summed E-state index contributed by atoms with van der Waals surface area (Å²) in [6.07, 6.45) is -4.50. The Bertz CT molecular complexity index is 782. The number of nitrogens with one attached hydrogen (secondary N) is 1. The molecule has 8 heteroatoms. The largest absolute Gasteiger partial charge is 0.416 e. The van der Waals surface area contributed by atoms with Gasteiger partial charge in [0.1, 0.15) is 0 Å². The molecule has 1 amide bonds. The maximum absolute atomic E-state index is 13.2. The lowest BCUT2D eigenvalue weighted by atomic mass is 10.1. The van der Waals surface area contributed by atoms with Gasteiger partial charge < -0.3 is 5.32 Å². The highest BCUT2D eigenvalue weighted by Crippen LogP contribution is 2.34. The second-order valence-electron chi connectivity index (χ2n) is 5.56. The number of rotatable bonds is 5. The molecule has 0 aliphatic heterocycles. The van der Waals surface area contributed by atoms with Crippen LogP contribution < -0.4 is 5.32 Å². The van der Waals surface area contributed by atoms with E-state index in [1.54, 1.807) is 6.92 Å². The summed E-state index contributed by atoms with van der Waals surface area (Å²) in [4.78, 5) is 12.6. The van der Waals surface area contributed by atoms with Crippen molar-refractivity contribution in [2.24, 2.45) is 0 Å². The van der Waals surface area contributed by atoms with Crippen molar-refractivity contribution in [3.8, 4) is 0 Å². The monoisotopic (exact) mass is 389 g/mol. The number of carbonyl (C=O) groups excluding carboxylic acids is 1. The molecule has 0 saturated carbocycles. The molecule has 0 aliphatic rings. The number of hydrogen-bond acceptors (Lipinski definition) is 2. The Balaban J connectivity index is 2.26. The van der Waals surface area contributed by atoms with Crippen LogP contribution in [0.5, 0.6) is 0 Å². The van der Waals surface area contributed by atoms with E-state index in [1.807, 2.05) is 0 Å². The SMILES string of the molecule is CCSc1cc(C(F)(F)F)ccc1C(=O)Nc1ccc(C(C)(F)F)cc1. The molecule has 0 atom stereocenters. The van der Waals surface area contributed by atoms with E-state index >= 15 is 0 Å². The molecular formula is C18H16F5NOS.